The van der Waals surface area contributed by atoms with Crippen molar-refractivity contribution in [3.8, 4) is 0 Å². The Morgan fingerprint density at radius 3 is 2.39 bits per heavy atom. The highest BCUT2D eigenvalue weighted by molar-refractivity contribution is 6.03. The Labute approximate surface area is 144 Å². The lowest BCUT2D eigenvalue weighted by Crippen LogP contribution is -2.39. The highest BCUT2D eigenvalue weighted by Gasteiger charge is 2.13. The Kier molecular flexibility index (Phi) is 10.0. The van der Waals surface area contributed by atoms with Gasteiger partial charge in [-0.3, -0.25) is 4.79 Å². The van der Waals surface area contributed by atoms with Gasteiger partial charge >= 0.3 is 6.03 Å². The van der Waals surface area contributed by atoms with Crippen LogP contribution < -0.4 is 21.3 Å². The van der Waals surface area contributed by atoms with E-state index < -0.39 is 0 Å². The predicted molar refractivity (Wildman–Crippen MR) is 96.5 cm³/mol. The molecule has 0 heterocycles. The van der Waals surface area contributed by atoms with Crippen LogP contribution in [-0.4, -0.2) is 37.1 Å². The molecule has 0 aliphatic rings. The lowest BCUT2D eigenvalue weighted by atomic mass is 10.1. The van der Waals surface area contributed by atoms with Gasteiger partial charge in [0.2, 0.25) is 0 Å². The third-order valence-electron chi connectivity index (χ3n) is 2.96. The fourth-order valence-electron chi connectivity index (χ4n) is 1.97. The van der Waals surface area contributed by atoms with Crippen LogP contribution in [0.2, 0.25) is 0 Å². The van der Waals surface area contributed by atoms with Crippen LogP contribution in [0.15, 0.2) is 24.3 Å². The maximum absolute atomic E-state index is 12.3. The second kappa shape index (κ2) is 10.9. The number of amides is 3. The molecule has 3 amide bonds. The van der Waals surface area contributed by atoms with Gasteiger partial charge < -0.3 is 21.3 Å². The van der Waals surface area contributed by atoms with Crippen molar-refractivity contribution in [1.82, 2.24) is 16.0 Å². The number of likely N-dealkylation sites (N-methyl/N-ethyl adjacent to an activating group) is 1. The zero-order valence-electron chi connectivity index (χ0n) is 14.1. The van der Waals surface area contributed by atoms with Crippen molar-refractivity contribution >= 4 is 30.0 Å². The zero-order chi connectivity index (χ0) is 16.5. The normalized spacial score (nSPS) is 11.3. The number of carbonyl (C=O) groups is 2. The number of para-hydroxylation sites is 1. The second-order valence-corrected chi connectivity index (χ2v) is 5.47. The minimum atomic E-state index is -0.323. The van der Waals surface area contributed by atoms with Crippen molar-refractivity contribution in [2.24, 2.45) is 0 Å². The van der Waals surface area contributed by atoms with Gasteiger partial charge in [0, 0.05) is 18.6 Å². The highest BCUT2D eigenvalue weighted by Crippen LogP contribution is 2.14. The molecule has 130 valence electrons. The van der Waals surface area contributed by atoms with Crippen molar-refractivity contribution in [3.05, 3.63) is 29.8 Å². The lowest BCUT2D eigenvalue weighted by Gasteiger charge is -2.16. The Balaban J connectivity index is 0.00000484. The van der Waals surface area contributed by atoms with Crippen molar-refractivity contribution in [2.45, 2.75) is 39.8 Å². The molecule has 0 aliphatic carbocycles. The summed E-state index contributed by atoms with van der Waals surface area (Å²) in [7, 11) is 0. The first-order valence-electron chi connectivity index (χ1n) is 7.62. The molecular formula is C16H27ClN4O2. The van der Waals surface area contributed by atoms with Gasteiger partial charge in [-0.15, -0.1) is 12.4 Å². The van der Waals surface area contributed by atoms with Gasteiger partial charge in [0.15, 0.2) is 0 Å². The average Bonchev–Trinajstić information content (AvgIpc) is 2.44. The SMILES string of the molecule is CCN[C@H](C)CNC(=O)c1ccccc1NC(=O)NC(C)C.Cl. The molecule has 0 aliphatic heterocycles. The number of hydrogen-bond acceptors (Lipinski definition) is 3. The molecule has 0 spiro atoms. The molecule has 23 heavy (non-hydrogen) atoms. The van der Waals surface area contributed by atoms with E-state index in [0.29, 0.717) is 17.8 Å². The van der Waals surface area contributed by atoms with Crippen LogP contribution in [0.4, 0.5) is 10.5 Å². The molecule has 0 bridgehead atoms. The summed E-state index contributed by atoms with van der Waals surface area (Å²) >= 11 is 0. The van der Waals surface area contributed by atoms with Crippen LogP contribution in [0.25, 0.3) is 0 Å². The number of benzene rings is 1. The summed E-state index contributed by atoms with van der Waals surface area (Å²) in [5.41, 5.74) is 0.944. The van der Waals surface area contributed by atoms with E-state index >= 15 is 0 Å². The summed E-state index contributed by atoms with van der Waals surface area (Å²) in [6.45, 7) is 9.15. The van der Waals surface area contributed by atoms with E-state index in [2.05, 4.69) is 21.3 Å². The summed E-state index contributed by atoms with van der Waals surface area (Å²) in [6, 6.07) is 6.86. The maximum atomic E-state index is 12.3. The van der Waals surface area contributed by atoms with Gasteiger partial charge in [-0.25, -0.2) is 4.79 Å². The molecule has 0 fully saturated rings. The second-order valence-electron chi connectivity index (χ2n) is 5.47. The smallest absolute Gasteiger partial charge is 0.319 e. The van der Waals surface area contributed by atoms with Gasteiger partial charge in [-0.05, 0) is 39.4 Å². The van der Waals surface area contributed by atoms with Crippen LogP contribution in [0.3, 0.4) is 0 Å². The largest absolute Gasteiger partial charge is 0.350 e. The van der Waals surface area contributed by atoms with Crippen molar-refractivity contribution in [3.63, 3.8) is 0 Å². The van der Waals surface area contributed by atoms with E-state index in [1.54, 1.807) is 24.3 Å². The summed E-state index contributed by atoms with van der Waals surface area (Å²) in [6.07, 6.45) is 0. The third kappa shape index (κ3) is 7.85. The molecule has 0 radical (unpaired) electrons. The zero-order valence-corrected chi connectivity index (χ0v) is 14.9. The van der Waals surface area contributed by atoms with E-state index in [1.807, 2.05) is 27.7 Å². The molecular weight excluding hydrogens is 316 g/mol. The first kappa shape index (κ1) is 21.2. The molecule has 0 saturated heterocycles. The van der Waals surface area contributed by atoms with Crippen molar-refractivity contribution < 1.29 is 9.59 Å². The summed E-state index contributed by atoms with van der Waals surface area (Å²) < 4.78 is 0. The van der Waals surface area contributed by atoms with Crippen LogP contribution in [0.1, 0.15) is 38.1 Å². The summed E-state index contributed by atoms with van der Waals surface area (Å²) in [5, 5.41) is 11.5. The van der Waals surface area contributed by atoms with Crippen LogP contribution in [-0.2, 0) is 0 Å². The van der Waals surface area contributed by atoms with Crippen molar-refractivity contribution in [2.75, 3.05) is 18.4 Å². The Bertz CT molecular complexity index is 509. The van der Waals surface area contributed by atoms with Gasteiger partial charge in [-0.2, -0.15) is 0 Å². The Morgan fingerprint density at radius 2 is 1.78 bits per heavy atom. The standard InChI is InChI=1S/C16H26N4O2.ClH/c1-5-17-12(4)10-18-15(21)13-8-6-7-9-14(13)20-16(22)19-11(2)3;/h6-9,11-12,17H,5,10H2,1-4H3,(H,18,21)(H2,19,20,22);1H/t12-;/m1./s1. The number of halogens is 1. The van der Waals surface area contributed by atoms with E-state index in [0.717, 1.165) is 6.54 Å². The maximum Gasteiger partial charge on any atom is 0.319 e. The predicted octanol–water partition coefficient (Wildman–Crippen LogP) is 2.37. The Hall–Kier alpha value is -1.79. The third-order valence-corrected chi connectivity index (χ3v) is 2.96. The van der Waals surface area contributed by atoms with Crippen LogP contribution in [0.5, 0.6) is 0 Å². The highest BCUT2D eigenvalue weighted by atomic mass is 35.5. The number of carbonyl (C=O) groups excluding carboxylic acids is 2. The molecule has 0 saturated carbocycles. The topological polar surface area (TPSA) is 82.3 Å². The molecule has 0 unspecified atom stereocenters. The first-order chi connectivity index (χ1) is 10.4. The van der Waals surface area contributed by atoms with E-state index in [1.165, 1.54) is 0 Å². The van der Waals surface area contributed by atoms with Gasteiger partial charge in [0.05, 0.1) is 11.3 Å². The molecule has 1 aromatic rings. The number of nitrogens with one attached hydrogen (secondary N) is 4. The molecule has 7 heteroatoms. The number of urea groups is 1. The average molecular weight is 343 g/mol. The van der Waals surface area contributed by atoms with Crippen LogP contribution >= 0.6 is 12.4 Å². The number of anilines is 1. The van der Waals surface area contributed by atoms with Gasteiger partial charge in [0.1, 0.15) is 0 Å². The van der Waals surface area contributed by atoms with E-state index in [4.69, 9.17) is 0 Å². The minimum absolute atomic E-state index is 0. The Morgan fingerprint density at radius 1 is 1.13 bits per heavy atom. The molecule has 4 N–H and O–H groups in total. The fourth-order valence-corrected chi connectivity index (χ4v) is 1.97. The molecule has 1 aromatic carbocycles. The van der Waals surface area contributed by atoms with E-state index in [9.17, 15) is 9.59 Å². The summed E-state index contributed by atoms with van der Waals surface area (Å²) in [4.78, 5) is 24.1. The summed E-state index contributed by atoms with van der Waals surface area (Å²) in [5.74, 6) is -0.204. The van der Waals surface area contributed by atoms with E-state index in [-0.39, 0.29) is 36.4 Å². The minimum Gasteiger partial charge on any atom is -0.350 e. The molecule has 1 atom stereocenters. The molecule has 0 aromatic heterocycles. The van der Waals surface area contributed by atoms with Crippen LogP contribution in [0, 0.1) is 0 Å². The fraction of sp³-hybridized carbons (Fsp3) is 0.500. The quantitative estimate of drug-likeness (QED) is 0.614. The molecule has 1 rings (SSSR count). The van der Waals surface area contributed by atoms with Gasteiger partial charge in [0.25, 0.3) is 5.91 Å². The van der Waals surface area contributed by atoms with Gasteiger partial charge in [-0.1, -0.05) is 19.1 Å². The molecule has 6 nitrogen and oxygen atoms in total. The first-order valence-corrected chi connectivity index (χ1v) is 7.62. The number of hydrogen-bond donors (Lipinski definition) is 4. The van der Waals surface area contributed by atoms with Crippen molar-refractivity contribution in [1.29, 1.82) is 0 Å². The monoisotopic (exact) mass is 342 g/mol. The lowest BCUT2D eigenvalue weighted by molar-refractivity contribution is 0.0951. The number of rotatable bonds is 7.